The Morgan fingerprint density at radius 3 is 2.50 bits per heavy atom. The molecule has 3 rings (SSSR count). The van der Waals surface area contributed by atoms with E-state index in [4.69, 9.17) is 17.3 Å². The number of aromatic nitrogens is 2. The molecule has 1 fully saturated rings. The van der Waals surface area contributed by atoms with Crippen LogP contribution in [0.1, 0.15) is 18.4 Å². The second kappa shape index (κ2) is 7.94. The number of hydrogen-bond acceptors (Lipinski definition) is 6. The van der Waals surface area contributed by atoms with Crippen LogP contribution in [0.4, 0.5) is 5.82 Å². The maximum atomic E-state index is 11.4. The van der Waals surface area contributed by atoms with E-state index in [2.05, 4.69) is 16.0 Å². The molecule has 2 heterocycles. The van der Waals surface area contributed by atoms with Gasteiger partial charge in [0.15, 0.2) is 11.0 Å². The summed E-state index contributed by atoms with van der Waals surface area (Å²) >= 11 is 7.40. The monoisotopic (exact) mass is 387 g/mol. The molecule has 2 aromatic rings. The van der Waals surface area contributed by atoms with Crippen LogP contribution in [0.5, 0.6) is 0 Å². The number of benzene rings is 1. The molecule has 1 aliphatic rings. The highest BCUT2D eigenvalue weighted by molar-refractivity contribution is 7.98. The summed E-state index contributed by atoms with van der Waals surface area (Å²) in [5.41, 5.74) is 7.26. The fraction of sp³-hybridized carbons (Fsp3) is 0.333. The Morgan fingerprint density at radius 2 is 1.96 bits per heavy atom. The summed E-state index contributed by atoms with van der Waals surface area (Å²) in [7, 11) is 0. The van der Waals surface area contributed by atoms with Crippen LogP contribution in [0.25, 0.3) is 11.3 Å². The highest BCUT2D eigenvalue weighted by Crippen LogP contribution is 2.32. The molecule has 1 aromatic carbocycles. The normalized spacial score (nSPS) is 14.9. The number of anilines is 1. The number of primary amides is 1. The molecule has 26 heavy (non-hydrogen) atoms. The topological polar surface area (TPSA) is 95.9 Å². The molecule has 1 saturated heterocycles. The molecule has 1 aliphatic heterocycles. The number of hydrogen-bond donors (Lipinski definition) is 1. The van der Waals surface area contributed by atoms with Crippen molar-refractivity contribution in [3.63, 3.8) is 0 Å². The molecule has 2 N–H and O–H groups in total. The van der Waals surface area contributed by atoms with Crippen molar-refractivity contribution >= 4 is 35.1 Å². The van der Waals surface area contributed by atoms with Gasteiger partial charge in [0.05, 0.1) is 5.69 Å². The predicted octanol–water partition coefficient (Wildman–Crippen LogP) is 3.09. The molecule has 8 heteroatoms. The molecule has 0 bridgehead atoms. The van der Waals surface area contributed by atoms with E-state index in [-0.39, 0.29) is 11.8 Å². The fourth-order valence-corrected chi connectivity index (χ4v) is 3.53. The first-order valence-corrected chi connectivity index (χ1v) is 9.80. The van der Waals surface area contributed by atoms with Crippen molar-refractivity contribution < 1.29 is 4.79 Å². The highest BCUT2D eigenvalue weighted by atomic mass is 35.5. The van der Waals surface area contributed by atoms with Crippen molar-refractivity contribution in [3.05, 3.63) is 34.9 Å². The zero-order valence-corrected chi connectivity index (χ0v) is 15.8. The summed E-state index contributed by atoms with van der Waals surface area (Å²) in [6.07, 6.45) is 3.22. The van der Waals surface area contributed by atoms with Crippen molar-refractivity contribution in [3.8, 4) is 17.3 Å². The van der Waals surface area contributed by atoms with Crippen LogP contribution in [0, 0.1) is 17.2 Å². The summed E-state index contributed by atoms with van der Waals surface area (Å²) in [4.78, 5) is 22.6. The first-order chi connectivity index (χ1) is 12.5. The lowest BCUT2D eigenvalue weighted by atomic mass is 9.96. The van der Waals surface area contributed by atoms with E-state index in [1.54, 1.807) is 12.1 Å². The number of nitriles is 1. The Bertz CT molecular complexity index is 857. The number of halogens is 1. The summed E-state index contributed by atoms with van der Waals surface area (Å²) in [5.74, 6) is 0.230. The Hall–Kier alpha value is -2.30. The largest absolute Gasteiger partial charge is 0.369 e. The number of carbonyl (C=O) groups is 1. The second-order valence-corrected chi connectivity index (χ2v) is 7.25. The van der Waals surface area contributed by atoms with Crippen molar-refractivity contribution in [1.82, 2.24) is 9.97 Å². The average molecular weight is 388 g/mol. The molecule has 6 nitrogen and oxygen atoms in total. The van der Waals surface area contributed by atoms with Crippen LogP contribution >= 0.6 is 23.4 Å². The maximum absolute atomic E-state index is 11.4. The van der Waals surface area contributed by atoms with Gasteiger partial charge in [0, 0.05) is 29.6 Å². The quantitative estimate of drug-likeness (QED) is 0.639. The Labute approximate surface area is 161 Å². The molecule has 0 aliphatic carbocycles. The number of nitrogens with zero attached hydrogens (tertiary/aromatic N) is 4. The van der Waals surface area contributed by atoms with Gasteiger partial charge in [-0.3, -0.25) is 4.79 Å². The molecule has 0 radical (unpaired) electrons. The molecule has 0 saturated carbocycles. The van der Waals surface area contributed by atoms with Crippen LogP contribution in [-0.4, -0.2) is 35.2 Å². The van der Waals surface area contributed by atoms with Gasteiger partial charge in [-0.05, 0) is 31.2 Å². The second-order valence-electron chi connectivity index (χ2n) is 6.04. The lowest BCUT2D eigenvalue weighted by Crippen LogP contribution is -2.39. The van der Waals surface area contributed by atoms with E-state index in [1.807, 2.05) is 23.3 Å². The molecule has 1 aromatic heterocycles. The number of amides is 1. The van der Waals surface area contributed by atoms with Gasteiger partial charge in [0.1, 0.15) is 11.6 Å². The molecule has 0 spiro atoms. The summed E-state index contributed by atoms with van der Waals surface area (Å²) < 4.78 is 0. The van der Waals surface area contributed by atoms with Gasteiger partial charge < -0.3 is 10.6 Å². The van der Waals surface area contributed by atoms with E-state index in [9.17, 15) is 10.1 Å². The van der Waals surface area contributed by atoms with Crippen LogP contribution in [0.2, 0.25) is 5.02 Å². The summed E-state index contributed by atoms with van der Waals surface area (Å²) in [6.45, 7) is 1.26. The van der Waals surface area contributed by atoms with Gasteiger partial charge in [0.2, 0.25) is 5.91 Å². The van der Waals surface area contributed by atoms with E-state index < -0.39 is 0 Å². The SMILES string of the molecule is CSc1nc(-c2ccc(Cl)cc2)c(C#N)c(N2CCC(C(N)=O)CC2)n1. The van der Waals surface area contributed by atoms with Crippen molar-refractivity contribution in [2.24, 2.45) is 11.7 Å². The lowest BCUT2D eigenvalue weighted by Gasteiger charge is -2.32. The lowest BCUT2D eigenvalue weighted by molar-refractivity contribution is -0.122. The van der Waals surface area contributed by atoms with Crippen LogP contribution in [0.15, 0.2) is 29.4 Å². The van der Waals surface area contributed by atoms with Gasteiger partial charge in [-0.2, -0.15) is 5.26 Å². The van der Waals surface area contributed by atoms with E-state index >= 15 is 0 Å². The van der Waals surface area contributed by atoms with Crippen LogP contribution in [0.3, 0.4) is 0 Å². The van der Waals surface area contributed by atoms with Gasteiger partial charge in [0.25, 0.3) is 0 Å². The minimum atomic E-state index is -0.264. The number of carbonyl (C=O) groups excluding carboxylic acids is 1. The van der Waals surface area contributed by atoms with Gasteiger partial charge >= 0.3 is 0 Å². The highest BCUT2D eigenvalue weighted by Gasteiger charge is 2.27. The van der Waals surface area contributed by atoms with Crippen LogP contribution in [-0.2, 0) is 4.79 Å². The number of piperidine rings is 1. The summed E-state index contributed by atoms with van der Waals surface area (Å²) in [5, 5.41) is 11.0. The zero-order chi connectivity index (χ0) is 18.7. The van der Waals surface area contributed by atoms with Crippen LogP contribution < -0.4 is 10.6 Å². The molecule has 134 valence electrons. The van der Waals surface area contributed by atoms with Gasteiger partial charge in [-0.1, -0.05) is 35.5 Å². The zero-order valence-electron chi connectivity index (χ0n) is 14.3. The first kappa shape index (κ1) is 18.5. The molecular formula is C18H18ClN5OS. The predicted molar refractivity (Wildman–Crippen MR) is 103 cm³/mol. The number of thioether (sulfide) groups is 1. The van der Waals surface area contributed by atoms with Gasteiger partial charge in [-0.15, -0.1) is 0 Å². The summed E-state index contributed by atoms with van der Waals surface area (Å²) in [6, 6.07) is 9.50. The maximum Gasteiger partial charge on any atom is 0.220 e. The minimum Gasteiger partial charge on any atom is -0.369 e. The number of nitrogens with two attached hydrogens (primary N) is 1. The Morgan fingerprint density at radius 1 is 1.31 bits per heavy atom. The van der Waals surface area contributed by atoms with E-state index in [1.165, 1.54) is 11.8 Å². The average Bonchev–Trinajstić information content (AvgIpc) is 2.67. The smallest absolute Gasteiger partial charge is 0.220 e. The van der Waals surface area contributed by atoms with Crippen molar-refractivity contribution in [2.75, 3.05) is 24.2 Å². The van der Waals surface area contributed by atoms with E-state index in [0.29, 0.717) is 53.2 Å². The molecular weight excluding hydrogens is 370 g/mol. The van der Waals surface area contributed by atoms with Gasteiger partial charge in [-0.25, -0.2) is 9.97 Å². The first-order valence-electron chi connectivity index (χ1n) is 8.19. The standard InChI is InChI=1S/C18H18ClN5OS/c1-26-18-22-15(11-2-4-13(19)5-3-11)14(10-20)17(23-18)24-8-6-12(7-9-24)16(21)25/h2-5,12H,6-9H2,1H3,(H2,21,25). The molecule has 0 atom stereocenters. The third kappa shape index (κ3) is 3.76. The Balaban J connectivity index is 2.03. The van der Waals surface area contributed by atoms with Crippen molar-refractivity contribution in [2.45, 2.75) is 18.0 Å². The van der Waals surface area contributed by atoms with E-state index in [0.717, 1.165) is 5.56 Å². The third-order valence-electron chi connectivity index (χ3n) is 4.48. The Kier molecular flexibility index (Phi) is 5.64. The third-order valence-corrected chi connectivity index (χ3v) is 5.28. The molecule has 0 unspecified atom stereocenters. The minimum absolute atomic E-state index is 0.116. The number of rotatable bonds is 4. The van der Waals surface area contributed by atoms with Crippen molar-refractivity contribution in [1.29, 1.82) is 5.26 Å². The fourth-order valence-electron chi connectivity index (χ4n) is 3.04. The molecule has 1 amide bonds.